The molecule has 3 N–H and O–H groups in total. The normalized spacial score (nSPS) is 16.6. The van der Waals surface area contributed by atoms with Crippen molar-refractivity contribution in [2.24, 2.45) is 15.3 Å². The zero-order chi connectivity index (χ0) is 27.8. The third-order valence-corrected chi connectivity index (χ3v) is 7.67. The van der Waals surface area contributed by atoms with Crippen molar-refractivity contribution in [3.05, 3.63) is 54.1 Å². The summed E-state index contributed by atoms with van der Waals surface area (Å²) in [5.41, 5.74) is 1.19. The highest BCUT2D eigenvalue weighted by Crippen LogP contribution is 2.37. The molecule has 3 aromatic rings. The molecule has 14 nitrogen and oxygen atoms in total. The summed E-state index contributed by atoms with van der Waals surface area (Å²) in [5.74, 6) is -0.573. The molecule has 1 heterocycles. The monoisotopic (exact) mass is 582 g/mol. The Balaban J connectivity index is 1.81. The molecule has 0 fully saturated rings. The van der Waals surface area contributed by atoms with E-state index in [0.717, 1.165) is 28.8 Å². The van der Waals surface area contributed by atoms with Gasteiger partial charge in [-0.2, -0.15) is 37.2 Å². The van der Waals surface area contributed by atoms with E-state index in [1.807, 2.05) is 6.92 Å². The highest BCUT2D eigenvalue weighted by molar-refractivity contribution is 7.94. The van der Waals surface area contributed by atoms with Crippen molar-refractivity contribution in [1.82, 2.24) is 0 Å². The first-order valence-corrected chi connectivity index (χ1v) is 14.0. The molecule has 0 aliphatic carbocycles. The molecule has 0 radical (unpaired) electrons. The first-order valence-electron chi connectivity index (χ1n) is 10.4. The van der Waals surface area contributed by atoms with Crippen LogP contribution in [-0.2, 0) is 34.4 Å². The van der Waals surface area contributed by atoms with E-state index in [1.54, 1.807) is 24.3 Å². The van der Waals surface area contributed by atoms with E-state index in [-0.39, 0.29) is 21.4 Å². The molecule has 1 unspecified atom stereocenters. The average molecular weight is 583 g/mol. The maximum atomic E-state index is 13.0. The van der Waals surface area contributed by atoms with Crippen molar-refractivity contribution < 1.29 is 45.4 Å². The Kier molecular flexibility index (Phi) is 7.64. The third kappa shape index (κ3) is 5.74. The zero-order valence-electron chi connectivity index (χ0n) is 19.4. The molecule has 4 rings (SSSR count). The maximum Gasteiger partial charge on any atom is 0.296 e. The predicted octanol–water partition coefficient (Wildman–Crippen LogP) is 3.94. The van der Waals surface area contributed by atoms with Crippen LogP contribution in [0.15, 0.2) is 78.5 Å². The van der Waals surface area contributed by atoms with Gasteiger partial charge in [0.25, 0.3) is 26.1 Å². The SMILES string of the molecule is CC1=NN(c2ccc(C)cc2)C(=O)C1N=Nc1cc2c(S(=O)(=O)O)cc(SOOO)cc2cc1S(=O)(=O)O. The summed E-state index contributed by atoms with van der Waals surface area (Å²) in [4.78, 5) is 11.5. The number of carbonyl (C=O) groups excluding carboxylic acids is 1. The number of anilines is 1. The van der Waals surface area contributed by atoms with Gasteiger partial charge in [-0.3, -0.25) is 13.9 Å². The fourth-order valence-corrected chi connectivity index (χ4v) is 5.49. The van der Waals surface area contributed by atoms with Crippen LogP contribution >= 0.6 is 12.0 Å². The molecule has 0 spiro atoms. The summed E-state index contributed by atoms with van der Waals surface area (Å²) in [6.45, 7) is 3.40. The van der Waals surface area contributed by atoms with Crippen molar-refractivity contribution >= 4 is 66.0 Å². The highest BCUT2D eigenvalue weighted by atomic mass is 32.2. The molecule has 1 amide bonds. The fourth-order valence-electron chi connectivity index (χ4n) is 3.60. The van der Waals surface area contributed by atoms with Gasteiger partial charge < -0.3 is 0 Å². The second kappa shape index (κ2) is 10.5. The third-order valence-electron chi connectivity index (χ3n) is 5.34. The molecular formula is C21H18N4O10S3. The van der Waals surface area contributed by atoms with Gasteiger partial charge >= 0.3 is 0 Å². The number of carbonyl (C=O) groups is 1. The van der Waals surface area contributed by atoms with Crippen LogP contribution in [0.25, 0.3) is 10.8 Å². The van der Waals surface area contributed by atoms with E-state index >= 15 is 0 Å². The van der Waals surface area contributed by atoms with Crippen molar-refractivity contribution in [2.45, 2.75) is 34.6 Å². The lowest BCUT2D eigenvalue weighted by Crippen LogP contribution is -2.29. The van der Waals surface area contributed by atoms with Gasteiger partial charge in [-0.05, 0) is 55.6 Å². The summed E-state index contributed by atoms with van der Waals surface area (Å²) in [6.07, 6.45) is 0. The van der Waals surface area contributed by atoms with E-state index in [2.05, 4.69) is 24.7 Å². The Morgan fingerprint density at radius 2 is 1.63 bits per heavy atom. The second-order valence-electron chi connectivity index (χ2n) is 7.98. The van der Waals surface area contributed by atoms with E-state index < -0.39 is 47.7 Å². The summed E-state index contributed by atoms with van der Waals surface area (Å²) in [7, 11) is -9.80. The number of aryl methyl sites for hydroxylation is 1. The molecule has 0 saturated heterocycles. The van der Waals surface area contributed by atoms with Crippen LogP contribution in [0.5, 0.6) is 0 Å². The van der Waals surface area contributed by atoms with Gasteiger partial charge in [0.1, 0.15) is 15.5 Å². The number of nitrogens with zero attached hydrogens (tertiary/aromatic N) is 4. The highest BCUT2D eigenvalue weighted by Gasteiger charge is 2.35. The number of hydrogen-bond donors (Lipinski definition) is 3. The molecular weight excluding hydrogens is 564 g/mol. The smallest absolute Gasteiger partial charge is 0.282 e. The number of hydrazone groups is 1. The van der Waals surface area contributed by atoms with Crippen molar-refractivity contribution in [3.8, 4) is 0 Å². The Morgan fingerprint density at radius 3 is 2.24 bits per heavy atom. The predicted molar refractivity (Wildman–Crippen MR) is 134 cm³/mol. The molecule has 200 valence electrons. The van der Waals surface area contributed by atoms with E-state index in [9.17, 15) is 30.7 Å². The van der Waals surface area contributed by atoms with Crippen LogP contribution in [0.2, 0.25) is 0 Å². The number of fused-ring (bicyclic) bond motifs is 1. The molecule has 0 aromatic heterocycles. The van der Waals surface area contributed by atoms with Crippen molar-refractivity contribution in [1.29, 1.82) is 0 Å². The van der Waals surface area contributed by atoms with Crippen LogP contribution in [0.4, 0.5) is 11.4 Å². The summed E-state index contributed by atoms with van der Waals surface area (Å²) in [5, 5.41) is 24.6. The van der Waals surface area contributed by atoms with Gasteiger partial charge in [0.05, 0.1) is 23.4 Å². The molecule has 38 heavy (non-hydrogen) atoms. The van der Waals surface area contributed by atoms with Gasteiger partial charge in [0, 0.05) is 10.3 Å². The number of benzene rings is 3. The van der Waals surface area contributed by atoms with Crippen LogP contribution in [0.3, 0.4) is 0 Å². The standard InChI is InChI=1S/C21H18N4O10S3/c1-11-3-5-14(6-4-11)25-21(26)20(12(2)24-25)23-22-17-10-16-13(8-19(17)38(31,32)33)7-15(36-35-34-27)9-18(16)37(28,29)30/h3-10,20,27H,1-2H3,(H,28,29,30)(H,31,32,33). The second-order valence-corrected chi connectivity index (χ2v) is 11.5. The van der Waals surface area contributed by atoms with Crippen molar-refractivity contribution in [2.75, 3.05) is 5.01 Å². The quantitative estimate of drug-likeness (QED) is 0.114. The summed E-state index contributed by atoms with van der Waals surface area (Å²) >= 11 is 0.353. The number of azo groups is 1. The minimum Gasteiger partial charge on any atom is -0.282 e. The summed E-state index contributed by atoms with van der Waals surface area (Å²) < 4.78 is 72.2. The molecule has 0 bridgehead atoms. The molecule has 1 aliphatic heterocycles. The van der Waals surface area contributed by atoms with Gasteiger partial charge in [-0.25, -0.2) is 5.26 Å². The Labute approximate surface area is 220 Å². The minimum absolute atomic E-state index is 0.0191. The lowest BCUT2D eigenvalue weighted by atomic mass is 10.1. The Bertz CT molecular complexity index is 1710. The van der Waals surface area contributed by atoms with Gasteiger partial charge in [0.2, 0.25) is 0 Å². The largest absolute Gasteiger partial charge is 0.296 e. The molecule has 3 aromatic carbocycles. The Hall–Kier alpha value is -3.29. The molecule has 1 atom stereocenters. The van der Waals surface area contributed by atoms with E-state index in [0.29, 0.717) is 17.7 Å². The van der Waals surface area contributed by atoms with Crippen LogP contribution in [0, 0.1) is 6.92 Å². The van der Waals surface area contributed by atoms with Crippen molar-refractivity contribution in [3.63, 3.8) is 0 Å². The van der Waals surface area contributed by atoms with Gasteiger partial charge in [0.15, 0.2) is 6.04 Å². The lowest BCUT2D eigenvalue weighted by Gasteiger charge is -2.13. The first-order chi connectivity index (χ1) is 17.8. The lowest BCUT2D eigenvalue weighted by molar-refractivity contribution is -0.432. The fraction of sp³-hybridized carbons (Fsp3) is 0.143. The number of hydrogen-bond acceptors (Lipinski definition) is 12. The molecule has 1 aliphatic rings. The summed E-state index contributed by atoms with van der Waals surface area (Å²) in [6, 6.07) is 9.78. The average Bonchev–Trinajstić information content (AvgIpc) is 3.12. The van der Waals surface area contributed by atoms with Crippen LogP contribution in [-0.4, -0.2) is 48.9 Å². The number of amides is 1. The first kappa shape index (κ1) is 27.7. The van der Waals surface area contributed by atoms with Crippen LogP contribution in [0.1, 0.15) is 12.5 Å². The topological polar surface area (TPSA) is 205 Å². The Morgan fingerprint density at radius 1 is 0.974 bits per heavy atom. The van der Waals surface area contributed by atoms with Crippen LogP contribution < -0.4 is 5.01 Å². The minimum atomic E-state index is -4.93. The molecule has 17 heteroatoms. The van der Waals surface area contributed by atoms with Gasteiger partial charge in [-0.1, -0.05) is 22.7 Å². The van der Waals surface area contributed by atoms with Gasteiger partial charge in [-0.15, -0.1) is 4.33 Å². The number of rotatable bonds is 8. The molecule has 0 saturated carbocycles. The van der Waals surface area contributed by atoms with E-state index in [1.165, 1.54) is 13.0 Å². The van der Waals surface area contributed by atoms with E-state index in [4.69, 9.17) is 5.26 Å². The maximum absolute atomic E-state index is 13.0. The zero-order valence-corrected chi connectivity index (χ0v) is 21.9.